The van der Waals surface area contributed by atoms with Crippen molar-refractivity contribution in [1.82, 2.24) is 0 Å². The molecular formula is C10H18O3. The second-order valence-corrected chi connectivity index (χ2v) is 3.52. The fraction of sp³-hybridized carbons (Fsp3) is 0.600. The Labute approximate surface area is 79.3 Å². The number of ether oxygens (including phenoxy) is 1. The molecule has 0 spiro atoms. The first kappa shape index (κ1) is 12.4. The molecular weight excluding hydrogens is 168 g/mol. The zero-order valence-electron chi connectivity index (χ0n) is 8.29. The summed E-state index contributed by atoms with van der Waals surface area (Å²) in [5, 5.41) is 17.0. The molecule has 0 aromatic carbocycles. The van der Waals surface area contributed by atoms with Gasteiger partial charge in [-0.3, -0.25) is 0 Å². The molecule has 1 heterocycles. The summed E-state index contributed by atoms with van der Waals surface area (Å²) in [5.41, 5.74) is -1.04. The van der Waals surface area contributed by atoms with E-state index in [1.165, 1.54) is 13.0 Å². The molecule has 2 unspecified atom stereocenters. The maximum atomic E-state index is 8.76. The molecule has 2 N–H and O–H groups in total. The predicted molar refractivity (Wildman–Crippen MR) is 52.5 cm³/mol. The third-order valence-corrected chi connectivity index (χ3v) is 1.79. The Balaban J connectivity index is 0.000000223. The first-order valence-electron chi connectivity index (χ1n) is 4.13. The van der Waals surface area contributed by atoms with E-state index in [9.17, 15) is 0 Å². The molecule has 0 aliphatic carbocycles. The van der Waals surface area contributed by atoms with E-state index in [-0.39, 0.29) is 12.2 Å². The lowest BCUT2D eigenvalue weighted by Crippen LogP contribution is -2.24. The second kappa shape index (κ2) is 4.56. The minimum absolute atomic E-state index is 0.0556. The maximum absolute atomic E-state index is 8.76. The number of rotatable bonds is 3. The number of epoxide rings is 1. The van der Waals surface area contributed by atoms with E-state index in [0.29, 0.717) is 0 Å². The Bertz CT molecular complexity index is 181. The van der Waals surface area contributed by atoms with Gasteiger partial charge < -0.3 is 14.9 Å². The molecule has 0 saturated carbocycles. The zero-order chi connectivity index (χ0) is 10.5. The van der Waals surface area contributed by atoms with E-state index in [1.807, 2.05) is 13.0 Å². The van der Waals surface area contributed by atoms with Gasteiger partial charge in [0.25, 0.3) is 0 Å². The number of hydrogen-bond donors (Lipinski definition) is 2. The van der Waals surface area contributed by atoms with Crippen LogP contribution in [0.5, 0.6) is 0 Å². The summed E-state index contributed by atoms with van der Waals surface area (Å²) < 4.78 is 4.93. The van der Waals surface area contributed by atoms with Gasteiger partial charge in [0.15, 0.2) is 0 Å². The monoisotopic (exact) mass is 186 g/mol. The standard InChI is InChI=1S/C5H10O2.C5H8O/c1-3-5(2,7)4-6;1-3-5(2)4-6-5/h3,6-7H,1,4H2,2H3;3H,1,4H2,2H3. The second-order valence-electron chi connectivity index (χ2n) is 3.52. The highest BCUT2D eigenvalue weighted by atomic mass is 16.6. The van der Waals surface area contributed by atoms with Gasteiger partial charge in [0.2, 0.25) is 0 Å². The maximum Gasteiger partial charge on any atom is 0.107 e. The molecule has 3 heteroatoms. The van der Waals surface area contributed by atoms with Crippen LogP contribution < -0.4 is 0 Å². The van der Waals surface area contributed by atoms with E-state index < -0.39 is 5.60 Å². The Morgan fingerprint density at radius 2 is 2.08 bits per heavy atom. The Morgan fingerprint density at radius 1 is 1.62 bits per heavy atom. The molecule has 0 aromatic heterocycles. The lowest BCUT2D eigenvalue weighted by Gasteiger charge is -2.12. The summed E-state index contributed by atoms with van der Waals surface area (Å²) >= 11 is 0. The van der Waals surface area contributed by atoms with E-state index in [0.717, 1.165) is 6.61 Å². The van der Waals surface area contributed by atoms with Crippen LogP contribution in [0.4, 0.5) is 0 Å². The fourth-order valence-electron chi connectivity index (χ4n) is 0.296. The largest absolute Gasteiger partial charge is 0.393 e. The Hall–Kier alpha value is -0.640. The molecule has 0 bridgehead atoms. The molecule has 0 aromatic rings. The molecule has 2 atom stereocenters. The normalized spacial score (nSPS) is 29.2. The molecule has 0 amide bonds. The fourth-order valence-corrected chi connectivity index (χ4v) is 0.296. The first-order chi connectivity index (χ1) is 5.89. The van der Waals surface area contributed by atoms with Gasteiger partial charge >= 0.3 is 0 Å². The van der Waals surface area contributed by atoms with E-state index in [2.05, 4.69) is 13.2 Å². The predicted octanol–water partition coefficient (Wildman–Crippen LogP) is 0.877. The van der Waals surface area contributed by atoms with Crippen LogP contribution in [0.1, 0.15) is 13.8 Å². The van der Waals surface area contributed by atoms with Crippen molar-refractivity contribution in [2.24, 2.45) is 0 Å². The molecule has 1 aliphatic heterocycles. The van der Waals surface area contributed by atoms with Crippen LogP contribution >= 0.6 is 0 Å². The van der Waals surface area contributed by atoms with Gasteiger partial charge in [-0.25, -0.2) is 0 Å². The zero-order valence-corrected chi connectivity index (χ0v) is 8.29. The van der Waals surface area contributed by atoms with E-state index in [1.54, 1.807) is 0 Å². The quantitative estimate of drug-likeness (QED) is 0.508. The van der Waals surface area contributed by atoms with Crippen LogP contribution in [0.25, 0.3) is 0 Å². The van der Waals surface area contributed by atoms with Crippen LogP contribution in [0.15, 0.2) is 25.3 Å². The third kappa shape index (κ3) is 5.58. The van der Waals surface area contributed by atoms with Crippen molar-refractivity contribution in [3.8, 4) is 0 Å². The molecule has 1 fully saturated rings. The summed E-state index contributed by atoms with van der Waals surface area (Å²) in [7, 11) is 0. The lowest BCUT2D eigenvalue weighted by atomic mass is 10.1. The highest BCUT2D eigenvalue weighted by Gasteiger charge is 2.34. The SMILES string of the molecule is C=CC(C)(O)CO.C=CC1(C)CO1. The molecule has 1 aliphatic rings. The first-order valence-corrected chi connectivity index (χ1v) is 4.13. The van der Waals surface area contributed by atoms with Crippen LogP contribution in [0, 0.1) is 0 Å². The van der Waals surface area contributed by atoms with Crippen molar-refractivity contribution in [3.63, 3.8) is 0 Å². The summed E-state index contributed by atoms with van der Waals surface area (Å²) in [4.78, 5) is 0. The Kier molecular flexibility index (Phi) is 4.33. The number of aliphatic hydroxyl groups excluding tert-OH is 1. The van der Waals surface area contributed by atoms with Gasteiger partial charge in [-0.05, 0) is 13.8 Å². The van der Waals surface area contributed by atoms with Gasteiger partial charge in [0.05, 0.1) is 13.2 Å². The van der Waals surface area contributed by atoms with E-state index >= 15 is 0 Å². The smallest absolute Gasteiger partial charge is 0.107 e. The molecule has 76 valence electrons. The van der Waals surface area contributed by atoms with Gasteiger partial charge in [-0.15, -0.1) is 13.2 Å². The van der Waals surface area contributed by atoms with Gasteiger partial charge in [-0.2, -0.15) is 0 Å². The van der Waals surface area contributed by atoms with Crippen molar-refractivity contribution in [2.75, 3.05) is 13.2 Å². The van der Waals surface area contributed by atoms with Crippen LogP contribution in [0.3, 0.4) is 0 Å². The summed E-state index contributed by atoms with van der Waals surface area (Å²) in [6, 6.07) is 0. The molecule has 1 rings (SSSR count). The van der Waals surface area contributed by atoms with Crippen molar-refractivity contribution >= 4 is 0 Å². The highest BCUT2D eigenvalue weighted by Crippen LogP contribution is 2.25. The van der Waals surface area contributed by atoms with Gasteiger partial charge in [0.1, 0.15) is 11.2 Å². The average molecular weight is 186 g/mol. The molecule has 1 saturated heterocycles. The summed E-state index contributed by atoms with van der Waals surface area (Å²) in [5.74, 6) is 0. The minimum atomic E-state index is -1.10. The van der Waals surface area contributed by atoms with Gasteiger partial charge in [0, 0.05) is 0 Å². The van der Waals surface area contributed by atoms with Crippen molar-refractivity contribution in [2.45, 2.75) is 25.0 Å². The summed E-state index contributed by atoms with van der Waals surface area (Å²) in [6.45, 7) is 11.0. The van der Waals surface area contributed by atoms with Crippen LogP contribution in [-0.4, -0.2) is 34.6 Å². The number of hydrogen-bond acceptors (Lipinski definition) is 3. The van der Waals surface area contributed by atoms with E-state index in [4.69, 9.17) is 14.9 Å². The third-order valence-electron chi connectivity index (χ3n) is 1.79. The van der Waals surface area contributed by atoms with Crippen molar-refractivity contribution < 1.29 is 14.9 Å². The topological polar surface area (TPSA) is 53.0 Å². The highest BCUT2D eigenvalue weighted by molar-refractivity contribution is 5.02. The van der Waals surface area contributed by atoms with Crippen LogP contribution in [0.2, 0.25) is 0 Å². The molecule has 0 radical (unpaired) electrons. The summed E-state index contributed by atoms with van der Waals surface area (Å²) in [6.07, 6.45) is 3.12. The molecule has 3 nitrogen and oxygen atoms in total. The van der Waals surface area contributed by atoms with Crippen molar-refractivity contribution in [3.05, 3.63) is 25.3 Å². The lowest BCUT2D eigenvalue weighted by molar-refractivity contribution is 0.0438. The van der Waals surface area contributed by atoms with Crippen molar-refractivity contribution in [1.29, 1.82) is 0 Å². The minimum Gasteiger partial charge on any atom is -0.393 e. The van der Waals surface area contributed by atoms with Gasteiger partial charge in [-0.1, -0.05) is 12.2 Å². The molecule has 13 heavy (non-hydrogen) atoms. The Morgan fingerprint density at radius 3 is 2.08 bits per heavy atom. The average Bonchev–Trinajstić information content (AvgIpc) is 2.86. The van der Waals surface area contributed by atoms with Crippen LogP contribution in [-0.2, 0) is 4.74 Å². The number of aliphatic hydroxyl groups is 2.